The lowest BCUT2D eigenvalue weighted by Gasteiger charge is -2.21. The number of amides is 1. The Balaban J connectivity index is 1.69. The van der Waals surface area contributed by atoms with Gasteiger partial charge in [-0.25, -0.2) is 0 Å². The number of carbonyl (C=O) groups is 1. The van der Waals surface area contributed by atoms with Crippen LogP contribution in [0.3, 0.4) is 0 Å². The van der Waals surface area contributed by atoms with Gasteiger partial charge in [-0.15, -0.1) is 0 Å². The van der Waals surface area contributed by atoms with Crippen LogP contribution < -0.4 is 15.8 Å². The molecule has 0 radical (unpaired) electrons. The molecule has 110 valence electrons. The van der Waals surface area contributed by atoms with Crippen LogP contribution in [-0.4, -0.2) is 30.1 Å². The molecule has 1 aliphatic rings. The molecule has 5 heteroatoms. The summed E-state index contributed by atoms with van der Waals surface area (Å²) in [5.74, 6) is 1.52. The number of nitrogens with one attached hydrogen (secondary N) is 1. The summed E-state index contributed by atoms with van der Waals surface area (Å²) >= 11 is 2.08. The number of nitrogens with two attached hydrogens (primary N) is 1. The highest BCUT2D eigenvalue weighted by molar-refractivity contribution is 7.99. The minimum absolute atomic E-state index is 0.0729. The molecule has 0 aromatic heterocycles. The van der Waals surface area contributed by atoms with Crippen LogP contribution in [0.5, 0.6) is 5.75 Å². The Labute approximate surface area is 124 Å². The summed E-state index contributed by atoms with van der Waals surface area (Å²) in [4.78, 5) is 10.6. The average Bonchev–Trinajstić information content (AvgIpc) is 2.47. The number of benzene rings is 1. The molecule has 1 heterocycles. The Hall–Kier alpha value is -1.20. The van der Waals surface area contributed by atoms with E-state index in [4.69, 9.17) is 10.5 Å². The van der Waals surface area contributed by atoms with E-state index in [9.17, 15) is 4.79 Å². The van der Waals surface area contributed by atoms with Gasteiger partial charge in [-0.05, 0) is 36.3 Å². The van der Waals surface area contributed by atoms with Gasteiger partial charge in [0.25, 0.3) is 5.91 Å². The minimum Gasteiger partial charge on any atom is -0.484 e. The van der Waals surface area contributed by atoms with Gasteiger partial charge in [0, 0.05) is 18.3 Å². The third kappa shape index (κ3) is 5.43. The fourth-order valence-corrected chi connectivity index (χ4v) is 3.48. The number of rotatable bonds is 7. The zero-order chi connectivity index (χ0) is 14.2. The molecule has 1 aliphatic heterocycles. The molecule has 4 nitrogen and oxygen atoms in total. The Morgan fingerprint density at radius 3 is 2.80 bits per heavy atom. The molecule has 0 saturated carbocycles. The molecule has 2 rings (SSSR count). The van der Waals surface area contributed by atoms with E-state index in [0.29, 0.717) is 5.75 Å². The normalized spacial score (nSPS) is 18.7. The third-order valence-electron chi connectivity index (χ3n) is 3.28. The Bertz CT molecular complexity index is 416. The number of carbonyl (C=O) groups excluding carboxylic acids is 1. The van der Waals surface area contributed by atoms with E-state index >= 15 is 0 Å². The Kier molecular flexibility index (Phi) is 6.21. The number of hydrogen-bond donors (Lipinski definition) is 2. The van der Waals surface area contributed by atoms with E-state index in [1.54, 1.807) is 0 Å². The molecule has 1 saturated heterocycles. The van der Waals surface area contributed by atoms with Gasteiger partial charge in [0.1, 0.15) is 5.75 Å². The Morgan fingerprint density at radius 2 is 2.15 bits per heavy atom. The van der Waals surface area contributed by atoms with Crippen LogP contribution in [0, 0.1) is 0 Å². The van der Waals surface area contributed by atoms with Crippen molar-refractivity contribution in [3.05, 3.63) is 29.8 Å². The predicted molar refractivity (Wildman–Crippen MR) is 82.9 cm³/mol. The van der Waals surface area contributed by atoms with Crippen molar-refractivity contribution < 1.29 is 9.53 Å². The number of thioether (sulfide) groups is 1. The average molecular weight is 294 g/mol. The maximum Gasteiger partial charge on any atom is 0.255 e. The van der Waals surface area contributed by atoms with Gasteiger partial charge in [0.2, 0.25) is 0 Å². The molecule has 1 fully saturated rings. The van der Waals surface area contributed by atoms with Crippen LogP contribution in [0.2, 0.25) is 0 Å². The molecule has 0 bridgehead atoms. The lowest BCUT2D eigenvalue weighted by molar-refractivity contribution is -0.119. The second-order valence-corrected chi connectivity index (χ2v) is 6.43. The predicted octanol–water partition coefficient (Wildman–Crippen LogP) is 1.93. The van der Waals surface area contributed by atoms with Crippen LogP contribution in [0.1, 0.15) is 24.8 Å². The summed E-state index contributed by atoms with van der Waals surface area (Å²) in [6.45, 7) is 1.87. The van der Waals surface area contributed by atoms with Crippen molar-refractivity contribution in [3.8, 4) is 5.75 Å². The monoisotopic (exact) mass is 294 g/mol. The molecular formula is C15H22N2O2S. The molecule has 3 N–H and O–H groups in total. The zero-order valence-electron chi connectivity index (χ0n) is 11.6. The first-order valence-corrected chi connectivity index (χ1v) is 8.11. The van der Waals surface area contributed by atoms with Gasteiger partial charge in [0.05, 0.1) is 0 Å². The van der Waals surface area contributed by atoms with Crippen LogP contribution in [0.15, 0.2) is 24.3 Å². The van der Waals surface area contributed by atoms with Crippen LogP contribution in [0.4, 0.5) is 0 Å². The van der Waals surface area contributed by atoms with Crippen molar-refractivity contribution in [2.45, 2.75) is 31.1 Å². The zero-order valence-corrected chi connectivity index (χ0v) is 12.5. The maximum absolute atomic E-state index is 10.6. The van der Waals surface area contributed by atoms with Crippen molar-refractivity contribution in [2.24, 2.45) is 5.73 Å². The summed E-state index contributed by atoms with van der Waals surface area (Å²) in [5.41, 5.74) is 6.25. The van der Waals surface area contributed by atoms with E-state index in [0.717, 1.165) is 18.3 Å². The quantitative estimate of drug-likeness (QED) is 0.806. The van der Waals surface area contributed by atoms with E-state index in [-0.39, 0.29) is 6.61 Å². The highest BCUT2D eigenvalue weighted by Gasteiger charge is 2.12. The topological polar surface area (TPSA) is 64.4 Å². The van der Waals surface area contributed by atoms with Gasteiger partial charge in [-0.1, -0.05) is 18.6 Å². The molecule has 0 aliphatic carbocycles. The fourth-order valence-electron chi connectivity index (χ4n) is 2.20. The standard InChI is InChI=1S/C15H22N2O2S/c16-15(18)11-19-13-6-4-12(5-7-13)9-17-10-14-3-1-2-8-20-14/h4-7,14,17H,1-3,8-11H2,(H2,16,18). The fraction of sp³-hybridized carbons (Fsp3) is 0.533. The lowest BCUT2D eigenvalue weighted by Crippen LogP contribution is -2.26. The first kappa shape index (κ1) is 15.2. The second kappa shape index (κ2) is 8.17. The summed E-state index contributed by atoms with van der Waals surface area (Å²) in [5, 5.41) is 4.27. The van der Waals surface area contributed by atoms with Gasteiger partial charge in [-0.2, -0.15) is 11.8 Å². The van der Waals surface area contributed by atoms with E-state index in [1.165, 1.54) is 30.6 Å². The van der Waals surface area contributed by atoms with E-state index < -0.39 is 5.91 Å². The molecular weight excluding hydrogens is 272 g/mol. The molecule has 20 heavy (non-hydrogen) atoms. The molecule has 1 amide bonds. The van der Waals surface area contributed by atoms with Crippen molar-refractivity contribution in [1.82, 2.24) is 5.32 Å². The van der Waals surface area contributed by atoms with Crippen LogP contribution in [-0.2, 0) is 11.3 Å². The molecule has 1 atom stereocenters. The van der Waals surface area contributed by atoms with Crippen molar-refractivity contribution in [3.63, 3.8) is 0 Å². The maximum atomic E-state index is 10.6. The van der Waals surface area contributed by atoms with Gasteiger partial charge < -0.3 is 15.8 Å². The van der Waals surface area contributed by atoms with Gasteiger partial charge in [0.15, 0.2) is 6.61 Å². The number of ether oxygens (including phenoxy) is 1. The molecule has 1 aromatic rings. The largest absolute Gasteiger partial charge is 0.484 e. The highest BCUT2D eigenvalue weighted by Crippen LogP contribution is 2.24. The minimum atomic E-state index is -0.458. The summed E-state index contributed by atoms with van der Waals surface area (Å²) in [6.07, 6.45) is 4.07. The Morgan fingerprint density at radius 1 is 1.35 bits per heavy atom. The van der Waals surface area contributed by atoms with Crippen LogP contribution >= 0.6 is 11.8 Å². The van der Waals surface area contributed by atoms with Crippen LogP contribution in [0.25, 0.3) is 0 Å². The summed E-state index contributed by atoms with van der Waals surface area (Å²) < 4.78 is 5.22. The van der Waals surface area contributed by atoms with Crippen molar-refractivity contribution >= 4 is 17.7 Å². The second-order valence-electron chi connectivity index (χ2n) is 5.02. The molecule has 0 spiro atoms. The van der Waals surface area contributed by atoms with E-state index in [1.807, 2.05) is 24.3 Å². The van der Waals surface area contributed by atoms with Crippen molar-refractivity contribution in [1.29, 1.82) is 0 Å². The SMILES string of the molecule is NC(=O)COc1ccc(CNCC2CCCCS2)cc1. The first-order valence-electron chi connectivity index (χ1n) is 7.06. The van der Waals surface area contributed by atoms with Gasteiger partial charge >= 0.3 is 0 Å². The smallest absolute Gasteiger partial charge is 0.255 e. The number of hydrogen-bond acceptors (Lipinski definition) is 4. The van der Waals surface area contributed by atoms with Gasteiger partial charge in [-0.3, -0.25) is 4.79 Å². The summed E-state index contributed by atoms with van der Waals surface area (Å²) in [6, 6.07) is 7.76. The lowest BCUT2D eigenvalue weighted by atomic mass is 10.2. The first-order chi connectivity index (χ1) is 9.74. The summed E-state index contributed by atoms with van der Waals surface area (Å²) in [7, 11) is 0. The van der Waals surface area contributed by atoms with Crippen molar-refractivity contribution in [2.75, 3.05) is 18.9 Å². The third-order valence-corrected chi connectivity index (χ3v) is 4.68. The van der Waals surface area contributed by atoms with E-state index in [2.05, 4.69) is 17.1 Å². The molecule has 1 unspecified atom stereocenters. The highest BCUT2D eigenvalue weighted by atomic mass is 32.2. The molecule has 1 aromatic carbocycles. The number of primary amides is 1.